The largest absolute Gasteiger partial charge is 0.508 e. The first kappa shape index (κ1) is 13.2. The Hall–Kier alpha value is -2.82. The van der Waals surface area contributed by atoms with Gasteiger partial charge in [0.1, 0.15) is 11.5 Å². The maximum absolute atomic E-state index is 9.76. The molecule has 3 aromatic rings. The molecule has 1 aromatic heterocycles. The second-order valence-electron chi connectivity index (χ2n) is 4.57. The molecular formula is C16H14N2O3. The van der Waals surface area contributed by atoms with Crippen molar-refractivity contribution in [2.75, 3.05) is 7.11 Å². The highest BCUT2D eigenvalue weighted by molar-refractivity contribution is 5.67. The van der Waals surface area contributed by atoms with Gasteiger partial charge >= 0.3 is 0 Å². The van der Waals surface area contributed by atoms with Gasteiger partial charge in [0.15, 0.2) is 0 Å². The van der Waals surface area contributed by atoms with Crippen molar-refractivity contribution in [1.29, 1.82) is 0 Å². The summed E-state index contributed by atoms with van der Waals surface area (Å²) in [5.41, 5.74) is 2.17. The van der Waals surface area contributed by atoms with Gasteiger partial charge in [-0.1, -0.05) is 23.4 Å². The highest BCUT2D eigenvalue weighted by Gasteiger charge is 2.16. The zero-order valence-electron chi connectivity index (χ0n) is 11.7. The lowest BCUT2D eigenvalue weighted by atomic mass is 10.1. The molecule has 106 valence electrons. The third-order valence-corrected chi connectivity index (χ3v) is 3.31. The number of phenolic OH excluding ortho intramolecular Hbond substituents is 1. The van der Waals surface area contributed by atoms with Gasteiger partial charge in [-0.15, -0.1) is 0 Å². The molecule has 0 fully saturated rings. The number of aromatic hydroxyl groups is 1. The molecule has 1 heterocycles. The Labute approximate surface area is 121 Å². The molecule has 2 aromatic carbocycles. The number of rotatable bonds is 3. The molecule has 21 heavy (non-hydrogen) atoms. The predicted molar refractivity (Wildman–Crippen MR) is 78.1 cm³/mol. The van der Waals surface area contributed by atoms with Gasteiger partial charge < -0.3 is 14.4 Å². The summed E-state index contributed by atoms with van der Waals surface area (Å²) in [6, 6.07) is 12.7. The number of benzene rings is 2. The molecule has 0 aliphatic rings. The SMILES string of the molecule is COc1ccccc1-c1noc(-c2cccc(O)c2C)n1. The van der Waals surface area contributed by atoms with E-state index in [2.05, 4.69) is 10.1 Å². The fraction of sp³-hybridized carbons (Fsp3) is 0.125. The van der Waals surface area contributed by atoms with E-state index >= 15 is 0 Å². The monoisotopic (exact) mass is 282 g/mol. The van der Waals surface area contributed by atoms with Crippen LogP contribution in [-0.4, -0.2) is 22.4 Å². The summed E-state index contributed by atoms with van der Waals surface area (Å²) in [4.78, 5) is 4.39. The molecule has 3 rings (SSSR count). The van der Waals surface area contributed by atoms with E-state index in [1.54, 1.807) is 26.2 Å². The van der Waals surface area contributed by atoms with Gasteiger partial charge in [0.05, 0.1) is 12.7 Å². The Bertz CT molecular complexity index is 781. The Kier molecular flexibility index (Phi) is 3.31. The van der Waals surface area contributed by atoms with Crippen molar-refractivity contribution < 1.29 is 14.4 Å². The van der Waals surface area contributed by atoms with Gasteiger partial charge in [0, 0.05) is 11.1 Å². The van der Waals surface area contributed by atoms with Crippen LogP contribution in [0.5, 0.6) is 11.5 Å². The van der Waals surface area contributed by atoms with Crippen LogP contribution >= 0.6 is 0 Å². The van der Waals surface area contributed by atoms with Gasteiger partial charge in [-0.05, 0) is 31.2 Å². The molecule has 0 aliphatic heterocycles. The number of aromatic nitrogens is 2. The highest BCUT2D eigenvalue weighted by Crippen LogP contribution is 2.32. The second kappa shape index (κ2) is 5.28. The normalized spacial score (nSPS) is 10.6. The zero-order valence-corrected chi connectivity index (χ0v) is 11.7. The lowest BCUT2D eigenvalue weighted by Gasteiger charge is -2.03. The summed E-state index contributed by atoms with van der Waals surface area (Å²) in [5.74, 6) is 1.69. The number of hydrogen-bond donors (Lipinski definition) is 1. The number of hydrogen-bond acceptors (Lipinski definition) is 5. The highest BCUT2D eigenvalue weighted by atomic mass is 16.5. The average molecular weight is 282 g/mol. The van der Waals surface area contributed by atoms with E-state index in [0.29, 0.717) is 28.6 Å². The minimum atomic E-state index is 0.199. The summed E-state index contributed by atoms with van der Waals surface area (Å²) in [7, 11) is 1.60. The summed E-state index contributed by atoms with van der Waals surface area (Å²) in [6.45, 7) is 1.80. The molecule has 0 spiro atoms. The van der Waals surface area contributed by atoms with Crippen LogP contribution in [-0.2, 0) is 0 Å². The van der Waals surface area contributed by atoms with Crippen molar-refractivity contribution in [2.45, 2.75) is 6.92 Å². The molecule has 0 atom stereocenters. The Morgan fingerprint density at radius 2 is 1.81 bits per heavy atom. The van der Waals surface area contributed by atoms with E-state index in [9.17, 15) is 5.11 Å². The fourth-order valence-electron chi connectivity index (χ4n) is 2.13. The molecular weight excluding hydrogens is 268 g/mol. The third-order valence-electron chi connectivity index (χ3n) is 3.31. The van der Waals surface area contributed by atoms with Crippen LogP contribution in [0.2, 0.25) is 0 Å². The topological polar surface area (TPSA) is 68.4 Å². The van der Waals surface area contributed by atoms with Crippen molar-refractivity contribution in [3.63, 3.8) is 0 Å². The lowest BCUT2D eigenvalue weighted by Crippen LogP contribution is -1.89. The smallest absolute Gasteiger partial charge is 0.258 e. The number of nitrogens with zero attached hydrogens (tertiary/aromatic N) is 2. The van der Waals surface area contributed by atoms with Crippen LogP contribution in [0.15, 0.2) is 47.0 Å². The van der Waals surface area contributed by atoms with Gasteiger partial charge in [-0.3, -0.25) is 0 Å². The first-order valence-corrected chi connectivity index (χ1v) is 6.46. The molecule has 5 nitrogen and oxygen atoms in total. The summed E-state index contributed by atoms with van der Waals surface area (Å²) >= 11 is 0. The van der Waals surface area contributed by atoms with Crippen LogP contribution < -0.4 is 4.74 Å². The van der Waals surface area contributed by atoms with Gasteiger partial charge in [-0.2, -0.15) is 4.98 Å². The van der Waals surface area contributed by atoms with E-state index < -0.39 is 0 Å². The van der Waals surface area contributed by atoms with Crippen molar-refractivity contribution in [3.05, 3.63) is 48.0 Å². The van der Waals surface area contributed by atoms with Gasteiger partial charge in [-0.25, -0.2) is 0 Å². The predicted octanol–water partition coefficient (Wildman–Crippen LogP) is 3.43. The van der Waals surface area contributed by atoms with Crippen LogP contribution in [0.3, 0.4) is 0 Å². The molecule has 0 saturated carbocycles. The molecule has 0 saturated heterocycles. The minimum Gasteiger partial charge on any atom is -0.508 e. The van der Waals surface area contributed by atoms with Crippen molar-refractivity contribution in [2.24, 2.45) is 0 Å². The maximum atomic E-state index is 9.76. The molecule has 5 heteroatoms. The van der Waals surface area contributed by atoms with Crippen molar-refractivity contribution in [3.8, 4) is 34.3 Å². The summed E-state index contributed by atoms with van der Waals surface area (Å²) in [6.07, 6.45) is 0. The zero-order chi connectivity index (χ0) is 14.8. The number of ether oxygens (including phenoxy) is 1. The summed E-state index contributed by atoms with van der Waals surface area (Å²) < 4.78 is 10.6. The standard InChI is InChI=1S/C16H14N2O3/c1-10-11(7-5-8-13(10)19)16-17-15(18-21-16)12-6-3-4-9-14(12)20-2/h3-9,19H,1-2H3. The third kappa shape index (κ3) is 2.33. The first-order valence-electron chi connectivity index (χ1n) is 6.46. The molecule has 0 unspecified atom stereocenters. The van der Waals surface area contributed by atoms with Crippen LogP contribution in [0.1, 0.15) is 5.56 Å². The van der Waals surface area contributed by atoms with E-state index in [1.165, 1.54) is 0 Å². The fourth-order valence-corrected chi connectivity index (χ4v) is 2.13. The van der Waals surface area contributed by atoms with Gasteiger partial charge in [0.25, 0.3) is 5.89 Å². The molecule has 0 radical (unpaired) electrons. The quantitative estimate of drug-likeness (QED) is 0.797. The molecule has 1 N–H and O–H groups in total. The van der Waals surface area contributed by atoms with Gasteiger partial charge in [0.2, 0.25) is 5.82 Å². The summed E-state index contributed by atoms with van der Waals surface area (Å²) in [5, 5.41) is 13.8. The van der Waals surface area contributed by atoms with Crippen LogP contribution in [0.4, 0.5) is 0 Å². The van der Waals surface area contributed by atoms with E-state index in [0.717, 1.165) is 5.56 Å². The lowest BCUT2D eigenvalue weighted by molar-refractivity contribution is 0.413. The van der Waals surface area contributed by atoms with E-state index in [-0.39, 0.29) is 5.75 Å². The number of phenols is 1. The minimum absolute atomic E-state index is 0.199. The van der Waals surface area contributed by atoms with Crippen molar-refractivity contribution >= 4 is 0 Å². The molecule has 0 amide bonds. The number of methoxy groups -OCH3 is 1. The van der Waals surface area contributed by atoms with E-state index in [4.69, 9.17) is 9.26 Å². The van der Waals surface area contributed by atoms with E-state index in [1.807, 2.05) is 30.3 Å². The van der Waals surface area contributed by atoms with Crippen LogP contribution in [0, 0.1) is 6.92 Å². The van der Waals surface area contributed by atoms with Crippen LogP contribution in [0.25, 0.3) is 22.8 Å². The Morgan fingerprint density at radius 1 is 1.05 bits per heavy atom. The number of para-hydroxylation sites is 1. The Balaban J connectivity index is 2.06. The molecule has 0 bridgehead atoms. The average Bonchev–Trinajstić information content (AvgIpc) is 2.99. The Morgan fingerprint density at radius 3 is 2.62 bits per heavy atom. The maximum Gasteiger partial charge on any atom is 0.258 e. The first-order chi connectivity index (χ1) is 10.2. The second-order valence-corrected chi connectivity index (χ2v) is 4.57. The molecule has 0 aliphatic carbocycles. The van der Waals surface area contributed by atoms with Crippen molar-refractivity contribution in [1.82, 2.24) is 10.1 Å².